The van der Waals surface area contributed by atoms with Gasteiger partial charge in [0.1, 0.15) is 59.8 Å². The number of hydrogen-bond donors (Lipinski definition) is 4. The quantitative estimate of drug-likeness (QED) is 0.0598. The fourth-order valence-electron chi connectivity index (χ4n) is 4.80. The van der Waals surface area contributed by atoms with E-state index in [-0.39, 0.29) is 13.2 Å². The number of hydrogen-bond acceptors (Lipinski definition) is 11. The summed E-state index contributed by atoms with van der Waals surface area (Å²) in [5, 5.41) is 9.05. The zero-order valence-electron chi connectivity index (χ0n) is 28.2. The molecule has 0 aliphatic heterocycles. The van der Waals surface area contributed by atoms with Crippen molar-refractivity contribution in [3.05, 3.63) is 84.0 Å². The lowest BCUT2D eigenvalue weighted by molar-refractivity contribution is 0.0635. The zero-order chi connectivity index (χ0) is 35.4. The van der Waals surface area contributed by atoms with Crippen LogP contribution in [0.5, 0.6) is 17.2 Å². The monoisotopic (exact) mass is 670 g/mol. The Bertz CT molecular complexity index is 1840. The highest BCUT2D eigenvalue weighted by Gasteiger charge is 2.17. The number of methoxy groups -OCH3 is 1. The molecule has 0 saturated carbocycles. The Balaban J connectivity index is 1.33. The highest BCUT2D eigenvalue weighted by molar-refractivity contribution is 5.91. The van der Waals surface area contributed by atoms with Gasteiger partial charge in [0, 0.05) is 43.0 Å². The number of nitrogens with two attached hydrogens (primary N) is 1. The largest absolute Gasteiger partial charge is 0.494 e. The molecule has 4 aromatic rings. The van der Waals surface area contributed by atoms with Crippen molar-refractivity contribution in [1.29, 1.82) is 0 Å². The molecule has 0 spiro atoms. The average molecular weight is 671 g/mol. The van der Waals surface area contributed by atoms with Crippen molar-refractivity contribution < 1.29 is 33.3 Å². The van der Waals surface area contributed by atoms with Gasteiger partial charge in [0.2, 0.25) is 5.95 Å². The van der Waals surface area contributed by atoms with E-state index in [1.54, 1.807) is 95.6 Å². The summed E-state index contributed by atoms with van der Waals surface area (Å²) in [6, 6.07) is 13.6. The molecule has 0 bridgehead atoms. The second-order valence-corrected chi connectivity index (χ2v) is 11.7. The Morgan fingerprint density at radius 2 is 1.65 bits per heavy atom. The van der Waals surface area contributed by atoms with Crippen LogP contribution in [0.4, 0.5) is 27.8 Å². The Morgan fingerprint density at radius 1 is 0.939 bits per heavy atom. The number of carbonyl (C=O) groups is 3. The molecule has 0 radical (unpaired) electrons. The van der Waals surface area contributed by atoms with Crippen LogP contribution < -0.4 is 35.9 Å². The van der Waals surface area contributed by atoms with E-state index in [0.29, 0.717) is 76.3 Å². The van der Waals surface area contributed by atoms with E-state index in [9.17, 15) is 14.4 Å². The van der Waals surface area contributed by atoms with Gasteiger partial charge in [-0.1, -0.05) is 18.2 Å². The molecule has 0 atom stereocenters. The highest BCUT2D eigenvalue weighted by Crippen LogP contribution is 2.33. The lowest BCUT2D eigenvalue weighted by atomic mass is 10.1. The van der Waals surface area contributed by atoms with Crippen molar-refractivity contribution in [1.82, 2.24) is 9.55 Å². The van der Waals surface area contributed by atoms with Crippen LogP contribution in [0.3, 0.4) is 0 Å². The van der Waals surface area contributed by atoms with Gasteiger partial charge in [0.15, 0.2) is 0 Å². The number of anilines is 4. The van der Waals surface area contributed by atoms with Gasteiger partial charge in [-0.2, -0.15) is 0 Å². The van der Waals surface area contributed by atoms with Gasteiger partial charge in [-0.3, -0.25) is 14.9 Å². The van der Waals surface area contributed by atoms with Crippen molar-refractivity contribution in [2.75, 3.05) is 55.6 Å². The lowest BCUT2D eigenvalue weighted by Gasteiger charge is -2.19. The van der Waals surface area contributed by atoms with Crippen molar-refractivity contribution in [2.24, 2.45) is 0 Å². The first kappa shape index (κ1) is 35.9. The fourth-order valence-corrected chi connectivity index (χ4v) is 4.80. The third kappa shape index (κ3) is 10.0. The Morgan fingerprint density at radius 3 is 2.35 bits per heavy atom. The van der Waals surface area contributed by atoms with Crippen LogP contribution >= 0.6 is 0 Å². The third-order valence-electron chi connectivity index (χ3n) is 6.88. The molecule has 5 N–H and O–H groups in total. The number of ether oxygens (including phenoxy) is 4. The summed E-state index contributed by atoms with van der Waals surface area (Å²) < 4.78 is 24.5. The summed E-state index contributed by atoms with van der Waals surface area (Å²) >= 11 is 0. The number of aromatic nitrogens is 2. The number of nitrogens with one attached hydrogen (secondary N) is 3. The van der Waals surface area contributed by atoms with E-state index < -0.39 is 11.7 Å². The van der Waals surface area contributed by atoms with E-state index in [1.807, 2.05) is 16.7 Å². The Labute approximate surface area is 285 Å². The number of nitrogens with zero attached hydrogens (tertiary/aromatic N) is 2. The molecule has 0 fully saturated rings. The molecular formula is C36H42N6O7. The van der Waals surface area contributed by atoms with E-state index in [0.717, 1.165) is 11.8 Å². The molecule has 49 heavy (non-hydrogen) atoms. The van der Waals surface area contributed by atoms with Crippen molar-refractivity contribution in [2.45, 2.75) is 32.9 Å². The topological polar surface area (TPSA) is 168 Å². The first-order chi connectivity index (χ1) is 23.5. The highest BCUT2D eigenvalue weighted by atomic mass is 16.6. The zero-order valence-corrected chi connectivity index (χ0v) is 28.2. The van der Waals surface area contributed by atoms with Crippen LogP contribution in [0.1, 0.15) is 41.5 Å². The van der Waals surface area contributed by atoms with Gasteiger partial charge in [-0.05, 0) is 69.3 Å². The molecular weight excluding hydrogens is 628 g/mol. The van der Waals surface area contributed by atoms with Gasteiger partial charge in [-0.25, -0.2) is 9.78 Å². The maximum Gasteiger partial charge on any atom is 0.412 e. The Kier molecular flexibility index (Phi) is 12.2. The summed E-state index contributed by atoms with van der Waals surface area (Å²) in [6.45, 7) is 6.74. The first-order valence-electron chi connectivity index (χ1n) is 15.5. The summed E-state index contributed by atoms with van der Waals surface area (Å²) in [6.07, 6.45) is 8.41. The van der Waals surface area contributed by atoms with Crippen LogP contribution in [0.15, 0.2) is 72.8 Å². The minimum absolute atomic E-state index is 0.198. The number of rotatable bonds is 16. The minimum atomic E-state index is -0.603. The van der Waals surface area contributed by atoms with E-state index in [2.05, 4.69) is 20.9 Å². The van der Waals surface area contributed by atoms with Gasteiger partial charge >= 0.3 is 6.09 Å². The van der Waals surface area contributed by atoms with Crippen molar-refractivity contribution in [3.8, 4) is 17.2 Å². The number of aldehydes is 2. The molecule has 0 saturated heterocycles. The summed E-state index contributed by atoms with van der Waals surface area (Å²) in [4.78, 5) is 39.5. The maximum absolute atomic E-state index is 12.1. The number of carbonyl (C=O) groups excluding carboxylic acids is 3. The molecule has 13 heteroatoms. The first-order valence-corrected chi connectivity index (χ1v) is 15.5. The molecule has 3 aromatic carbocycles. The summed E-state index contributed by atoms with van der Waals surface area (Å²) in [7, 11) is 3.33. The molecule has 1 heterocycles. The molecule has 4 rings (SSSR count). The molecule has 13 nitrogen and oxygen atoms in total. The van der Waals surface area contributed by atoms with Crippen LogP contribution in [0, 0.1) is 0 Å². The molecule has 0 unspecified atom stereocenters. The van der Waals surface area contributed by atoms with Crippen molar-refractivity contribution >= 4 is 52.7 Å². The second kappa shape index (κ2) is 16.7. The average Bonchev–Trinajstić information content (AvgIpc) is 3.43. The van der Waals surface area contributed by atoms with Gasteiger partial charge < -0.3 is 39.9 Å². The number of nitrogen functional groups attached to an aromatic ring is 1. The Hall–Kier alpha value is -5.98. The van der Waals surface area contributed by atoms with Crippen LogP contribution in [-0.2, 0) is 11.3 Å². The van der Waals surface area contributed by atoms with Gasteiger partial charge in [0.25, 0.3) is 0 Å². The minimum Gasteiger partial charge on any atom is -0.494 e. The standard InChI is InChI=1S/C36H42N6O7/c1-36(2,3)49-35(45)40-26-11-10-12-27(21-26)47-15-8-9-16-48-30-19-24(22-43)17-28(37)32(30)39-13-6-7-14-42-33-29(41-34(42)38-4)18-25(23-44)20-31(33)46-5/h6-12,17-23,39H,13-16,37H2,1-5H3,(H,38,41)(H,40,45)/b7-6+,9-8+. The van der Waals surface area contributed by atoms with E-state index in [4.69, 9.17) is 24.7 Å². The number of imidazole rings is 1. The van der Waals surface area contributed by atoms with E-state index >= 15 is 0 Å². The SMILES string of the molecule is CNc1nc2cc(C=O)cc(OC)c2n1C/C=C/CNc1c(N)cc(C=O)cc1OC/C=C/COc1cccc(NC(=O)OC(C)(C)C)c1. The van der Waals surface area contributed by atoms with Gasteiger partial charge in [-0.15, -0.1) is 0 Å². The molecule has 258 valence electrons. The maximum atomic E-state index is 12.1. The number of amides is 1. The van der Waals surface area contributed by atoms with Crippen LogP contribution in [-0.4, -0.2) is 67.7 Å². The predicted octanol–water partition coefficient (Wildman–Crippen LogP) is 6.32. The third-order valence-corrected chi connectivity index (χ3v) is 6.88. The fraction of sp³-hybridized carbons (Fsp3) is 0.278. The molecule has 0 aliphatic carbocycles. The molecule has 1 amide bonds. The smallest absolute Gasteiger partial charge is 0.412 e. The van der Waals surface area contributed by atoms with Gasteiger partial charge in [0.05, 0.1) is 18.3 Å². The number of fused-ring (bicyclic) bond motifs is 1. The molecule has 1 aromatic heterocycles. The number of allylic oxidation sites excluding steroid dienone is 1. The summed E-state index contributed by atoms with van der Waals surface area (Å²) in [5.74, 6) is 2.17. The predicted molar refractivity (Wildman–Crippen MR) is 192 cm³/mol. The normalized spacial score (nSPS) is 11.4. The van der Waals surface area contributed by atoms with E-state index in [1.165, 1.54) is 0 Å². The van der Waals surface area contributed by atoms with Crippen molar-refractivity contribution in [3.63, 3.8) is 0 Å². The lowest BCUT2D eigenvalue weighted by Crippen LogP contribution is -2.27. The molecule has 0 aliphatic rings. The second-order valence-electron chi connectivity index (χ2n) is 11.7. The van der Waals surface area contributed by atoms with Crippen LogP contribution in [0.2, 0.25) is 0 Å². The summed E-state index contributed by atoms with van der Waals surface area (Å²) in [5.41, 5.74) is 9.43. The van der Waals surface area contributed by atoms with Crippen LogP contribution in [0.25, 0.3) is 11.0 Å². The number of benzene rings is 3.